The maximum absolute atomic E-state index is 3.90. The maximum atomic E-state index is 3.90. The second-order valence-electron chi connectivity index (χ2n) is 8.92. The fourth-order valence-corrected chi connectivity index (χ4v) is 4.60. The molecule has 30 heavy (non-hydrogen) atoms. The zero-order chi connectivity index (χ0) is 22.4. The van der Waals surface area contributed by atoms with Crippen molar-refractivity contribution in [3.05, 3.63) is 60.8 Å². The minimum Gasteiger partial charge on any atom is -0.292 e. The summed E-state index contributed by atoms with van der Waals surface area (Å²) in [5.74, 6) is 0. The van der Waals surface area contributed by atoms with Gasteiger partial charge in [-0.15, -0.1) is 13.2 Å². The van der Waals surface area contributed by atoms with E-state index in [2.05, 4.69) is 81.1 Å². The molecule has 2 unspecified atom stereocenters. The smallest absolute Gasteiger partial charge is 0.0833 e. The summed E-state index contributed by atoms with van der Waals surface area (Å²) in [4.78, 5) is 2.75. The van der Waals surface area contributed by atoms with Crippen molar-refractivity contribution >= 4 is 12.6 Å². The van der Waals surface area contributed by atoms with Crippen LogP contribution in [0.25, 0.3) is 0 Å². The van der Waals surface area contributed by atoms with Gasteiger partial charge in [-0.1, -0.05) is 49.0 Å². The van der Waals surface area contributed by atoms with Gasteiger partial charge in [0.1, 0.15) is 0 Å². The van der Waals surface area contributed by atoms with Crippen LogP contribution < -0.4 is 5.32 Å². The Labute approximate surface area is 192 Å². The number of allylic oxidation sites excluding steroid dienone is 6. The van der Waals surface area contributed by atoms with Gasteiger partial charge >= 0.3 is 0 Å². The van der Waals surface area contributed by atoms with Gasteiger partial charge < -0.3 is 0 Å². The molecule has 2 nitrogen and oxygen atoms in total. The first kappa shape index (κ1) is 27.0. The van der Waals surface area contributed by atoms with E-state index in [1.54, 1.807) is 17.4 Å². The monoisotopic (exact) mass is 430 g/mol. The van der Waals surface area contributed by atoms with Gasteiger partial charge in [-0.25, -0.2) is 0 Å². The van der Waals surface area contributed by atoms with Crippen molar-refractivity contribution in [3.8, 4) is 0 Å². The van der Waals surface area contributed by atoms with Crippen LogP contribution >= 0.6 is 12.6 Å². The Morgan fingerprint density at radius 1 is 1.17 bits per heavy atom. The molecule has 2 aliphatic carbocycles. The van der Waals surface area contributed by atoms with Crippen LogP contribution in [0.15, 0.2) is 60.8 Å². The van der Waals surface area contributed by atoms with E-state index in [4.69, 9.17) is 0 Å². The van der Waals surface area contributed by atoms with Crippen molar-refractivity contribution in [1.82, 2.24) is 10.2 Å². The van der Waals surface area contributed by atoms with Gasteiger partial charge in [-0.05, 0) is 83.5 Å². The van der Waals surface area contributed by atoms with E-state index in [0.29, 0.717) is 12.2 Å². The van der Waals surface area contributed by atoms with Crippen LogP contribution in [0.3, 0.4) is 0 Å². The Morgan fingerprint density at radius 2 is 1.87 bits per heavy atom. The number of hydrogen-bond acceptors (Lipinski definition) is 3. The van der Waals surface area contributed by atoms with Crippen molar-refractivity contribution in [2.75, 3.05) is 12.8 Å². The minimum atomic E-state index is 0.204. The zero-order valence-electron chi connectivity index (χ0n) is 20.0. The van der Waals surface area contributed by atoms with Crippen molar-refractivity contribution < 1.29 is 0 Å². The number of nitrogens with one attached hydrogen (secondary N) is 1. The molecule has 1 heterocycles. The number of hydrogen-bond donors (Lipinski definition) is 2. The van der Waals surface area contributed by atoms with Crippen LogP contribution in [0.2, 0.25) is 0 Å². The molecule has 3 heteroatoms. The highest BCUT2D eigenvalue weighted by molar-refractivity contribution is 7.79. The molecular formula is C27H46N2S. The average Bonchev–Trinajstić information content (AvgIpc) is 3.11. The first-order chi connectivity index (χ1) is 14.5. The largest absolute Gasteiger partial charge is 0.292 e. The van der Waals surface area contributed by atoms with E-state index in [1.165, 1.54) is 44.9 Å². The lowest BCUT2D eigenvalue weighted by atomic mass is 9.90. The van der Waals surface area contributed by atoms with E-state index in [-0.39, 0.29) is 5.54 Å². The molecule has 0 radical (unpaired) electrons. The predicted octanol–water partition coefficient (Wildman–Crippen LogP) is 7.24. The summed E-state index contributed by atoms with van der Waals surface area (Å²) in [6, 6.07) is 0.617. The van der Waals surface area contributed by atoms with Crippen molar-refractivity contribution in [1.29, 1.82) is 0 Å². The molecule has 0 bridgehead atoms. The van der Waals surface area contributed by atoms with Crippen LogP contribution in [0, 0.1) is 0 Å². The van der Waals surface area contributed by atoms with E-state index in [9.17, 15) is 0 Å². The van der Waals surface area contributed by atoms with Gasteiger partial charge in [0.15, 0.2) is 0 Å². The molecule has 0 aromatic carbocycles. The maximum Gasteiger partial charge on any atom is 0.0833 e. The van der Waals surface area contributed by atoms with E-state index in [1.807, 2.05) is 12.2 Å². The fourth-order valence-electron chi connectivity index (χ4n) is 4.60. The third-order valence-electron chi connectivity index (χ3n) is 5.95. The molecule has 1 N–H and O–H groups in total. The summed E-state index contributed by atoms with van der Waals surface area (Å²) in [6.07, 6.45) is 26.4. The van der Waals surface area contributed by atoms with Gasteiger partial charge in [-0.3, -0.25) is 10.2 Å². The Hall–Kier alpha value is -1.03. The van der Waals surface area contributed by atoms with Crippen LogP contribution in [0.1, 0.15) is 78.6 Å². The number of rotatable bonds is 7. The molecule has 3 rings (SSSR count). The Bertz CT molecular complexity index is 592. The molecular weight excluding hydrogens is 384 g/mol. The molecule has 0 aromatic heterocycles. The normalized spacial score (nSPS) is 23.7. The first-order valence-corrected chi connectivity index (χ1v) is 12.7. The lowest BCUT2D eigenvalue weighted by Gasteiger charge is -2.36. The lowest BCUT2D eigenvalue weighted by molar-refractivity contribution is 0.201. The van der Waals surface area contributed by atoms with Crippen molar-refractivity contribution in [2.24, 2.45) is 0 Å². The van der Waals surface area contributed by atoms with Gasteiger partial charge in [0.05, 0.1) is 6.17 Å². The van der Waals surface area contributed by atoms with E-state index >= 15 is 0 Å². The second-order valence-corrected chi connectivity index (χ2v) is 8.92. The molecule has 1 fully saturated rings. The standard InChI is InChI=1S/C20H32N2.C6H10.CH4S/c1-4-18(16-11-7-5-8-12-16)22-15-20(2,3)21-19(22)17-13-9-6-10-14-17;1-3-5-6-4-2;1-2/h6,9,11,13,18-19,21H,4-5,7-8,10,12,14-15H2,1-3H3;3-4H,1-2,5-6H2;2H,1H3. The molecule has 1 aliphatic heterocycles. The molecule has 170 valence electrons. The third kappa shape index (κ3) is 8.61. The van der Waals surface area contributed by atoms with Crippen LogP contribution in [0.5, 0.6) is 0 Å². The first-order valence-electron chi connectivity index (χ1n) is 11.8. The van der Waals surface area contributed by atoms with Gasteiger partial charge in [0.2, 0.25) is 0 Å². The van der Waals surface area contributed by atoms with Crippen molar-refractivity contribution in [3.63, 3.8) is 0 Å². The highest BCUT2D eigenvalue weighted by atomic mass is 32.1. The predicted molar refractivity (Wildman–Crippen MR) is 139 cm³/mol. The molecule has 0 aromatic rings. The molecule has 2 atom stereocenters. The van der Waals surface area contributed by atoms with Gasteiger partial charge in [-0.2, -0.15) is 12.6 Å². The highest BCUT2D eigenvalue weighted by Gasteiger charge is 2.41. The zero-order valence-corrected chi connectivity index (χ0v) is 20.9. The SMILES string of the molecule is C=CCCC=C.CCC(C1=CCCCC1)N1CC(C)(C)NC1C1=CC=CCC1.CS. The Kier molecular flexibility index (Phi) is 13.4. The molecule has 1 saturated heterocycles. The second kappa shape index (κ2) is 14.9. The van der Waals surface area contributed by atoms with Crippen LogP contribution in [-0.2, 0) is 0 Å². The van der Waals surface area contributed by atoms with E-state index < -0.39 is 0 Å². The molecule has 3 aliphatic rings. The number of thiol groups is 1. The molecule has 0 amide bonds. The Morgan fingerprint density at radius 3 is 2.37 bits per heavy atom. The van der Waals surface area contributed by atoms with E-state index in [0.717, 1.165) is 19.4 Å². The van der Waals surface area contributed by atoms with Crippen LogP contribution in [-0.4, -0.2) is 35.4 Å². The summed E-state index contributed by atoms with van der Waals surface area (Å²) < 4.78 is 0. The third-order valence-corrected chi connectivity index (χ3v) is 5.95. The fraction of sp³-hybridized carbons (Fsp3) is 0.630. The quantitative estimate of drug-likeness (QED) is 0.251. The summed E-state index contributed by atoms with van der Waals surface area (Å²) in [7, 11) is 0. The highest BCUT2D eigenvalue weighted by Crippen LogP contribution is 2.34. The average molecular weight is 431 g/mol. The van der Waals surface area contributed by atoms with Gasteiger partial charge in [0, 0.05) is 18.1 Å². The number of unbranched alkanes of at least 4 members (excludes halogenated alkanes) is 1. The summed E-state index contributed by atoms with van der Waals surface area (Å²) >= 11 is 3.53. The van der Waals surface area contributed by atoms with Crippen molar-refractivity contribution in [2.45, 2.75) is 96.3 Å². The summed E-state index contributed by atoms with van der Waals surface area (Å²) in [5.41, 5.74) is 3.48. The minimum absolute atomic E-state index is 0.204. The lowest BCUT2D eigenvalue weighted by Crippen LogP contribution is -2.45. The summed E-state index contributed by atoms with van der Waals surface area (Å²) in [5, 5.41) is 3.90. The molecule has 0 spiro atoms. The number of nitrogens with zero attached hydrogens (tertiary/aromatic N) is 1. The van der Waals surface area contributed by atoms with Crippen LogP contribution in [0.4, 0.5) is 0 Å². The topological polar surface area (TPSA) is 15.3 Å². The molecule has 0 saturated carbocycles. The Balaban J connectivity index is 0.000000487. The van der Waals surface area contributed by atoms with Gasteiger partial charge in [0.25, 0.3) is 0 Å². The summed E-state index contributed by atoms with van der Waals surface area (Å²) in [6.45, 7) is 15.3.